The lowest BCUT2D eigenvalue weighted by molar-refractivity contribution is 0.0190. The molecule has 0 spiro atoms. The quantitative estimate of drug-likeness (QED) is 0.263. The van der Waals surface area contributed by atoms with E-state index in [1.165, 1.54) is 5.69 Å². The van der Waals surface area contributed by atoms with Gasteiger partial charge in [0.05, 0.1) is 25.9 Å². The third-order valence-corrected chi connectivity index (χ3v) is 4.34. The zero-order valence-electron chi connectivity index (χ0n) is 14.6. The summed E-state index contributed by atoms with van der Waals surface area (Å²) in [5, 5.41) is 3.33. The summed E-state index contributed by atoms with van der Waals surface area (Å²) in [6.45, 7) is 3.74. The molecule has 138 valence electrons. The molecule has 0 amide bonds. The van der Waals surface area contributed by atoms with Crippen LogP contribution in [0.4, 0.5) is 0 Å². The summed E-state index contributed by atoms with van der Waals surface area (Å²) in [7, 11) is 5.87. The van der Waals surface area contributed by atoms with E-state index in [2.05, 4.69) is 48.0 Å². The van der Waals surface area contributed by atoms with Crippen molar-refractivity contribution >= 4 is 45.9 Å². The Balaban J connectivity index is 0.00000288. The van der Waals surface area contributed by atoms with E-state index in [1.54, 1.807) is 7.05 Å². The monoisotopic (exact) mass is 514 g/mol. The minimum Gasteiger partial charge on any atom is -0.377 e. The first-order valence-electron chi connectivity index (χ1n) is 8.02. The second-order valence-corrected chi connectivity index (χ2v) is 6.72. The van der Waals surface area contributed by atoms with E-state index in [4.69, 9.17) is 9.47 Å². The molecule has 2 rings (SSSR count). The average molecular weight is 515 g/mol. The molecule has 0 saturated carbocycles. The summed E-state index contributed by atoms with van der Waals surface area (Å²) < 4.78 is 14.4. The minimum atomic E-state index is 0. The summed E-state index contributed by atoms with van der Waals surface area (Å²) in [5.74, 6) is 0.864. The molecule has 1 fully saturated rings. The zero-order chi connectivity index (χ0) is 16.7. The van der Waals surface area contributed by atoms with Gasteiger partial charge in [-0.1, -0.05) is 0 Å². The van der Waals surface area contributed by atoms with Crippen molar-refractivity contribution < 1.29 is 9.47 Å². The Hall–Kier alpha value is -0.320. The molecule has 24 heavy (non-hydrogen) atoms. The van der Waals surface area contributed by atoms with Crippen molar-refractivity contribution in [3.05, 3.63) is 22.4 Å². The fraction of sp³-hybridized carbons (Fsp3) is 0.688. The van der Waals surface area contributed by atoms with E-state index in [-0.39, 0.29) is 30.1 Å². The molecule has 0 radical (unpaired) electrons. The van der Waals surface area contributed by atoms with Gasteiger partial charge in [0.1, 0.15) is 0 Å². The Labute approximate surface area is 170 Å². The van der Waals surface area contributed by atoms with Crippen molar-refractivity contribution in [2.24, 2.45) is 12.0 Å². The molecular weight excluding hydrogens is 487 g/mol. The van der Waals surface area contributed by atoms with Gasteiger partial charge in [0.25, 0.3) is 0 Å². The normalized spacial score (nSPS) is 17.7. The van der Waals surface area contributed by atoms with Crippen molar-refractivity contribution in [2.75, 3.05) is 40.5 Å². The number of hydrogen-bond acceptors (Lipinski definition) is 3. The summed E-state index contributed by atoms with van der Waals surface area (Å²) in [4.78, 5) is 6.42. The second kappa shape index (κ2) is 11.3. The fourth-order valence-corrected chi connectivity index (χ4v) is 3.22. The van der Waals surface area contributed by atoms with E-state index in [0.29, 0.717) is 13.2 Å². The van der Waals surface area contributed by atoms with Crippen molar-refractivity contribution in [1.82, 2.24) is 14.8 Å². The number of ether oxygens (including phenoxy) is 2. The summed E-state index contributed by atoms with van der Waals surface area (Å²) in [6, 6.07) is 2.12. The Bertz CT molecular complexity index is 518. The van der Waals surface area contributed by atoms with Crippen molar-refractivity contribution in [2.45, 2.75) is 25.5 Å². The van der Waals surface area contributed by atoms with Crippen LogP contribution in [0.15, 0.2) is 21.7 Å². The number of aliphatic imine (C=N–C) groups is 1. The Morgan fingerprint density at radius 3 is 2.96 bits per heavy atom. The summed E-state index contributed by atoms with van der Waals surface area (Å²) >= 11 is 3.50. The number of guanidine groups is 1. The van der Waals surface area contributed by atoms with Crippen LogP contribution in [0, 0.1) is 0 Å². The van der Waals surface area contributed by atoms with Crippen LogP contribution in [0.3, 0.4) is 0 Å². The van der Waals surface area contributed by atoms with Crippen molar-refractivity contribution in [3.63, 3.8) is 0 Å². The van der Waals surface area contributed by atoms with Crippen LogP contribution < -0.4 is 5.32 Å². The Kier molecular flexibility index (Phi) is 10.3. The van der Waals surface area contributed by atoms with Gasteiger partial charge in [0.2, 0.25) is 0 Å². The van der Waals surface area contributed by atoms with Crippen molar-refractivity contribution in [3.8, 4) is 0 Å². The predicted molar refractivity (Wildman–Crippen MR) is 111 cm³/mol. The molecular formula is C16H28BrIN4O2. The zero-order valence-corrected chi connectivity index (χ0v) is 18.5. The molecule has 2 heterocycles. The maximum Gasteiger partial charge on any atom is 0.193 e. The average Bonchev–Trinajstić information content (AvgIpc) is 3.13. The lowest BCUT2D eigenvalue weighted by Crippen LogP contribution is -2.40. The van der Waals surface area contributed by atoms with Crippen molar-refractivity contribution in [1.29, 1.82) is 0 Å². The van der Waals surface area contributed by atoms with Gasteiger partial charge in [-0.15, -0.1) is 24.0 Å². The number of aryl methyl sites for hydroxylation is 1. The first kappa shape index (κ1) is 21.7. The molecule has 0 aromatic carbocycles. The highest BCUT2D eigenvalue weighted by Gasteiger charge is 2.15. The van der Waals surface area contributed by atoms with E-state index >= 15 is 0 Å². The van der Waals surface area contributed by atoms with E-state index in [9.17, 15) is 0 Å². The highest BCUT2D eigenvalue weighted by Crippen LogP contribution is 2.15. The molecule has 1 unspecified atom stereocenters. The van der Waals surface area contributed by atoms with Crippen LogP contribution >= 0.6 is 39.9 Å². The molecule has 1 aliphatic rings. The van der Waals surface area contributed by atoms with E-state index < -0.39 is 0 Å². The molecule has 1 saturated heterocycles. The molecule has 1 aliphatic heterocycles. The number of hydrogen-bond donors (Lipinski definition) is 1. The maximum absolute atomic E-state index is 5.66. The lowest BCUT2D eigenvalue weighted by atomic mass is 10.2. The summed E-state index contributed by atoms with van der Waals surface area (Å²) in [5.41, 5.74) is 1.22. The SMILES string of the molecule is CN=C(NCCOCC1CCCO1)N(C)Cc1cc(Br)cn1C.I. The molecule has 1 atom stereocenters. The standard InChI is InChI=1S/C16H27BrN4O2.HI/c1-18-16(19-6-8-22-12-15-5-4-7-23-15)21(3)11-14-9-13(17)10-20(14)2;/h9-10,15H,4-8,11-12H2,1-3H3,(H,18,19);1H. The number of nitrogens with zero attached hydrogens (tertiary/aromatic N) is 3. The van der Waals surface area contributed by atoms with Crippen LogP contribution in [-0.2, 0) is 23.1 Å². The van der Waals surface area contributed by atoms with E-state index in [0.717, 1.165) is 43.0 Å². The number of aromatic nitrogens is 1. The smallest absolute Gasteiger partial charge is 0.193 e. The molecule has 1 aromatic heterocycles. The van der Waals surface area contributed by atoms with Gasteiger partial charge in [-0.05, 0) is 34.8 Å². The van der Waals surface area contributed by atoms with Gasteiger partial charge in [-0.25, -0.2) is 0 Å². The first-order chi connectivity index (χ1) is 11.1. The molecule has 6 nitrogen and oxygen atoms in total. The first-order valence-corrected chi connectivity index (χ1v) is 8.81. The molecule has 1 N–H and O–H groups in total. The van der Waals surface area contributed by atoms with Gasteiger partial charge in [-0.2, -0.15) is 0 Å². The summed E-state index contributed by atoms with van der Waals surface area (Å²) in [6.07, 6.45) is 4.61. The van der Waals surface area contributed by atoms with Gasteiger partial charge in [0, 0.05) is 50.7 Å². The van der Waals surface area contributed by atoms with Crippen LogP contribution in [-0.4, -0.2) is 62.0 Å². The molecule has 1 aromatic rings. The number of rotatable bonds is 7. The van der Waals surface area contributed by atoms with E-state index in [1.807, 2.05) is 14.1 Å². The molecule has 0 aliphatic carbocycles. The molecule has 8 heteroatoms. The third-order valence-electron chi connectivity index (χ3n) is 3.90. The molecule has 0 bridgehead atoms. The number of halogens is 2. The highest BCUT2D eigenvalue weighted by molar-refractivity contribution is 14.0. The van der Waals surface area contributed by atoms with Gasteiger partial charge in [0.15, 0.2) is 5.96 Å². The fourth-order valence-electron chi connectivity index (χ4n) is 2.65. The van der Waals surface area contributed by atoms with Crippen LogP contribution in [0.1, 0.15) is 18.5 Å². The topological polar surface area (TPSA) is 51.0 Å². The lowest BCUT2D eigenvalue weighted by Gasteiger charge is -2.22. The van der Waals surface area contributed by atoms with Crippen LogP contribution in [0.2, 0.25) is 0 Å². The Morgan fingerprint density at radius 1 is 1.58 bits per heavy atom. The van der Waals surface area contributed by atoms with Gasteiger partial charge < -0.3 is 24.3 Å². The predicted octanol–water partition coefficient (Wildman–Crippen LogP) is 2.61. The number of nitrogens with one attached hydrogen (secondary N) is 1. The Morgan fingerprint density at radius 2 is 2.38 bits per heavy atom. The van der Waals surface area contributed by atoms with Gasteiger partial charge >= 0.3 is 0 Å². The van der Waals surface area contributed by atoms with Gasteiger partial charge in [-0.3, -0.25) is 4.99 Å². The maximum atomic E-state index is 5.66. The van der Waals surface area contributed by atoms with Crippen LogP contribution in [0.5, 0.6) is 0 Å². The third kappa shape index (κ3) is 6.89. The highest BCUT2D eigenvalue weighted by atomic mass is 127. The minimum absolute atomic E-state index is 0. The second-order valence-electron chi connectivity index (χ2n) is 5.80. The van der Waals surface area contributed by atoms with Crippen LogP contribution in [0.25, 0.3) is 0 Å². The largest absolute Gasteiger partial charge is 0.377 e.